The second kappa shape index (κ2) is 9.16. The Morgan fingerprint density at radius 1 is 1.13 bits per heavy atom. The van der Waals surface area contributed by atoms with Crippen molar-refractivity contribution in [2.75, 3.05) is 0 Å². The minimum absolute atomic E-state index is 0.290. The van der Waals surface area contributed by atoms with Gasteiger partial charge >= 0.3 is 6.09 Å². The number of hydrogen-bond acceptors (Lipinski definition) is 2. The molecule has 0 fully saturated rings. The van der Waals surface area contributed by atoms with Gasteiger partial charge in [0.15, 0.2) is 0 Å². The van der Waals surface area contributed by atoms with Crippen molar-refractivity contribution in [2.45, 2.75) is 31.4 Å². The van der Waals surface area contributed by atoms with E-state index in [-0.39, 0.29) is 18.0 Å². The normalized spacial score (nSPS) is 15.8. The fourth-order valence-corrected chi connectivity index (χ4v) is 4.53. The quantitative estimate of drug-likeness (QED) is 0.449. The molecule has 0 aromatic heterocycles. The van der Waals surface area contributed by atoms with Gasteiger partial charge in [-0.25, -0.2) is 9.18 Å². The summed E-state index contributed by atoms with van der Waals surface area (Å²) < 4.78 is 20.5. The number of benzene rings is 3. The summed E-state index contributed by atoms with van der Waals surface area (Å²) in [6, 6.07) is 17.2. The van der Waals surface area contributed by atoms with Crippen LogP contribution >= 0.6 is 23.2 Å². The fraction of sp³-hybridized carbons (Fsp3) is 0.208. The molecule has 31 heavy (non-hydrogen) atoms. The van der Waals surface area contributed by atoms with Gasteiger partial charge in [-0.15, -0.1) is 0 Å². The Morgan fingerprint density at radius 2 is 1.90 bits per heavy atom. The average molecular weight is 460 g/mol. The van der Waals surface area contributed by atoms with Crippen LogP contribution in [0, 0.1) is 5.82 Å². The molecule has 1 aliphatic heterocycles. The van der Waals surface area contributed by atoms with E-state index in [0.29, 0.717) is 46.2 Å². The fourth-order valence-electron chi connectivity index (χ4n) is 4.02. The Balaban J connectivity index is 1.57. The summed E-state index contributed by atoms with van der Waals surface area (Å²) in [4.78, 5) is 11.3. The molecule has 2 unspecified atom stereocenters. The molecule has 0 radical (unpaired) electrons. The summed E-state index contributed by atoms with van der Waals surface area (Å²) >= 11 is 12.3. The van der Waals surface area contributed by atoms with Crippen molar-refractivity contribution in [3.63, 3.8) is 0 Å². The first kappa shape index (κ1) is 21.5. The van der Waals surface area contributed by atoms with E-state index in [9.17, 15) is 14.3 Å². The highest BCUT2D eigenvalue weighted by atomic mass is 35.5. The van der Waals surface area contributed by atoms with Gasteiger partial charge in [-0.05, 0) is 36.2 Å². The van der Waals surface area contributed by atoms with E-state index in [0.717, 1.165) is 11.1 Å². The number of fused-ring (bicyclic) bond motifs is 1. The van der Waals surface area contributed by atoms with Gasteiger partial charge in [-0.1, -0.05) is 59.6 Å². The van der Waals surface area contributed by atoms with Crippen LogP contribution in [-0.2, 0) is 12.8 Å². The molecule has 1 amide bonds. The lowest BCUT2D eigenvalue weighted by atomic mass is 9.97. The molecule has 1 aliphatic rings. The van der Waals surface area contributed by atoms with Gasteiger partial charge in [0.25, 0.3) is 0 Å². The van der Waals surface area contributed by atoms with Gasteiger partial charge in [0.1, 0.15) is 17.7 Å². The Morgan fingerprint density at radius 3 is 2.61 bits per heavy atom. The van der Waals surface area contributed by atoms with Crippen LogP contribution in [0.15, 0.2) is 60.7 Å². The van der Waals surface area contributed by atoms with Gasteiger partial charge in [-0.3, -0.25) is 0 Å². The van der Waals surface area contributed by atoms with Crippen molar-refractivity contribution >= 4 is 29.3 Å². The molecular weight excluding hydrogens is 440 g/mol. The highest BCUT2D eigenvalue weighted by Gasteiger charge is 2.30. The third kappa shape index (κ3) is 5.12. The van der Waals surface area contributed by atoms with Crippen molar-refractivity contribution in [3.05, 3.63) is 87.7 Å². The zero-order valence-corrected chi connectivity index (χ0v) is 18.0. The van der Waals surface area contributed by atoms with Crippen LogP contribution in [0.3, 0.4) is 0 Å². The predicted octanol–water partition coefficient (Wildman–Crippen LogP) is 6.37. The minimum atomic E-state index is -1.09. The number of carbonyl (C=O) groups is 1. The Kier molecular flexibility index (Phi) is 6.35. The van der Waals surface area contributed by atoms with Crippen molar-refractivity contribution < 1.29 is 19.0 Å². The number of ether oxygens (including phenoxy) is 1. The Labute approximate surface area is 189 Å². The molecule has 160 valence electrons. The summed E-state index contributed by atoms with van der Waals surface area (Å²) in [7, 11) is 0. The van der Waals surface area contributed by atoms with Gasteiger partial charge in [0.2, 0.25) is 0 Å². The number of hydrogen-bond donors (Lipinski definition) is 2. The van der Waals surface area contributed by atoms with E-state index in [1.165, 1.54) is 12.1 Å². The molecule has 1 heterocycles. The smallest absolute Gasteiger partial charge is 0.404 e. The summed E-state index contributed by atoms with van der Waals surface area (Å²) in [5.41, 5.74) is 2.95. The topological polar surface area (TPSA) is 58.6 Å². The van der Waals surface area contributed by atoms with E-state index in [2.05, 4.69) is 5.32 Å². The van der Waals surface area contributed by atoms with E-state index in [1.54, 1.807) is 18.2 Å². The summed E-state index contributed by atoms with van der Waals surface area (Å²) in [6.07, 6.45) is 0.0924. The second-order valence-corrected chi connectivity index (χ2v) is 8.43. The number of carboxylic acid groups (broad SMARTS) is 1. The van der Waals surface area contributed by atoms with Crippen LogP contribution in [0.1, 0.15) is 17.5 Å². The van der Waals surface area contributed by atoms with E-state index in [1.807, 2.05) is 30.3 Å². The van der Waals surface area contributed by atoms with Gasteiger partial charge in [0.05, 0.1) is 5.02 Å². The van der Waals surface area contributed by atoms with Crippen molar-refractivity contribution in [1.29, 1.82) is 0 Å². The monoisotopic (exact) mass is 459 g/mol. The lowest BCUT2D eigenvalue weighted by molar-refractivity contribution is 0.175. The molecule has 2 N–H and O–H groups in total. The van der Waals surface area contributed by atoms with Crippen LogP contribution in [0.2, 0.25) is 10.0 Å². The number of halogens is 3. The maximum Gasteiger partial charge on any atom is 0.404 e. The lowest BCUT2D eigenvalue weighted by Crippen LogP contribution is -2.39. The zero-order chi connectivity index (χ0) is 22.0. The third-order valence-corrected chi connectivity index (χ3v) is 5.83. The van der Waals surface area contributed by atoms with E-state index in [4.69, 9.17) is 27.9 Å². The molecule has 7 heteroatoms. The van der Waals surface area contributed by atoms with Crippen LogP contribution in [0.25, 0.3) is 11.1 Å². The number of nitrogens with one attached hydrogen (secondary N) is 1. The molecule has 0 aliphatic carbocycles. The van der Waals surface area contributed by atoms with Crippen molar-refractivity contribution in [3.8, 4) is 16.9 Å². The van der Waals surface area contributed by atoms with Gasteiger partial charge in [0, 0.05) is 40.6 Å². The Hall–Kier alpha value is -2.76. The molecule has 0 saturated heterocycles. The van der Waals surface area contributed by atoms with Crippen LogP contribution in [-0.4, -0.2) is 23.3 Å². The van der Waals surface area contributed by atoms with Crippen LogP contribution < -0.4 is 10.1 Å². The van der Waals surface area contributed by atoms with Crippen LogP contribution in [0.4, 0.5) is 9.18 Å². The van der Waals surface area contributed by atoms with E-state index >= 15 is 0 Å². The Bertz CT molecular complexity index is 1110. The highest BCUT2D eigenvalue weighted by Crippen LogP contribution is 2.43. The SMILES string of the molecule is O=C(O)NC(Cc1ccccc1)CC1Cc2cc(F)cc(-c3ccc(Cl)cc3Cl)c2O1. The second-order valence-electron chi connectivity index (χ2n) is 7.58. The lowest BCUT2D eigenvalue weighted by Gasteiger charge is -2.21. The molecule has 3 aromatic carbocycles. The summed E-state index contributed by atoms with van der Waals surface area (Å²) in [6.45, 7) is 0. The molecule has 0 saturated carbocycles. The van der Waals surface area contributed by atoms with Gasteiger partial charge in [-0.2, -0.15) is 0 Å². The van der Waals surface area contributed by atoms with Crippen molar-refractivity contribution in [2.24, 2.45) is 0 Å². The summed E-state index contributed by atoms with van der Waals surface area (Å²) in [5.74, 6) is 0.193. The zero-order valence-electron chi connectivity index (χ0n) is 16.4. The molecule has 0 spiro atoms. The molecule has 0 bridgehead atoms. The number of amides is 1. The number of rotatable bonds is 6. The molecule has 4 nitrogen and oxygen atoms in total. The standard InChI is InChI=1S/C24H20Cl2FNO3/c25-16-6-7-20(22(26)11-16)21-12-17(27)9-15-10-19(31-23(15)21)13-18(28-24(29)30)8-14-4-2-1-3-5-14/h1-7,9,11-12,18-19,28H,8,10,13H2,(H,29,30). The first-order valence-electron chi connectivity index (χ1n) is 9.87. The first-order valence-corrected chi connectivity index (χ1v) is 10.6. The van der Waals surface area contributed by atoms with Crippen molar-refractivity contribution in [1.82, 2.24) is 5.32 Å². The predicted molar refractivity (Wildman–Crippen MR) is 120 cm³/mol. The maximum atomic E-state index is 14.4. The average Bonchev–Trinajstić information content (AvgIpc) is 3.10. The molecule has 4 rings (SSSR count). The van der Waals surface area contributed by atoms with E-state index < -0.39 is 6.09 Å². The minimum Gasteiger partial charge on any atom is -0.489 e. The highest BCUT2D eigenvalue weighted by molar-refractivity contribution is 6.36. The van der Waals surface area contributed by atoms with Gasteiger partial charge < -0.3 is 15.2 Å². The summed E-state index contributed by atoms with van der Waals surface area (Å²) in [5, 5.41) is 12.7. The van der Waals surface area contributed by atoms with Crippen LogP contribution in [0.5, 0.6) is 5.75 Å². The molecule has 3 aromatic rings. The maximum absolute atomic E-state index is 14.4. The third-order valence-electron chi connectivity index (χ3n) is 5.28. The largest absolute Gasteiger partial charge is 0.489 e. The first-order chi connectivity index (χ1) is 14.9. The molecular formula is C24H20Cl2FNO3. The molecule has 2 atom stereocenters.